The second-order valence-corrected chi connectivity index (χ2v) is 5.81. The van der Waals surface area contributed by atoms with Crippen LogP contribution in [-0.2, 0) is 9.59 Å². The number of benzene rings is 1. The molecule has 0 spiro atoms. The Bertz CT molecular complexity index is 728. The predicted octanol–water partition coefficient (Wildman–Crippen LogP) is 1.27. The van der Waals surface area contributed by atoms with Crippen molar-refractivity contribution < 1.29 is 14.7 Å². The number of amides is 1. The van der Waals surface area contributed by atoms with Crippen molar-refractivity contribution in [1.29, 1.82) is 0 Å². The first-order valence-corrected chi connectivity index (χ1v) is 7.15. The summed E-state index contributed by atoms with van der Waals surface area (Å²) in [6, 6.07) is 7.65. The molecule has 2 heterocycles. The van der Waals surface area contributed by atoms with E-state index in [9.17, 15) is 9.59 Å². The number of carboxylic acid groups (broad SMARTS) is 1. The lowest BCUT2D eigenvalue weighted by Crippen LogP contribution is -2.37. The van der Waals surface area contributed by atoms with Crippen molar-refractivity contribution in [2.45, 2.75) is 23.8 Å². The Morgan fingerprint density at radius 1 is 1.43 bits per heavy atom. The molecule has 2 aromatic rings. The number of nitrogens with zero attached hydrogens (tertiary/aromatic N) is 3. The second-order valence-electron chi connectivity index (χ2n) is 4.64. The lowest BCUT2D eigenvalue weighted by Gasteiger charge is -2.22. The zero-order valence-corrected chi connectivity index (χ0v) is 11.9. The molecule has 1 unspecified atom stereocenters. The van der Waals surface area contributed by atoms with Gasteiger partial charge in [0.15, 0.2) is 5.82 Å². The summed E-state index contributed by atoms with van der Waals surface area (Å²) >= 11 is 1.11. The fraction of sp³-hybridized carbons (Fsp3) is 0.231. The Labute approximate surface area is 124 Å². The van der Waals surface area contributed by atoms with Crippen LogP contribution in [0.1, 0.15) is 12.0 Å². The SMILES string of the molecule is Cc1ccccc1-c1nnc2n1NC(=O)C(CC(=O)O)S2. The van der Waals surface area contributed by atoms with E-state index in [-0.39, 0.29) is 12.3 Å². The van der Waals surface area contributed by atoms with Gasteiger partial charge in [-0.2, -0.15) is 0 Å². The van der Waals surface area contributed by atoms with Crippen LogP contribution < -0.4 is 5.43 Å². The number of nitrogens with one attached hydrogen (secondary N) is 1. The minimum Gasteiger partial charge on any atom is -0.481 e. The predicted molar refractivity (Wildman–Crippen MR) is 76.5 cm³/mol. The number of carbonyl (C=O) groups is 2. The summed E-state index contributed by atoms with van der Waals surface area (Å²) in [7, 11) is 0. The lowest BCUT2D eigenvalue weighted by atomic mass is 10.1. The van der Waals surface area contributed by atoms with Gasteiger partial charge >= 0.3 is 5.97 Å². The Balaban J connectivity index is 1.97. The molecule has 1 aromatic heterocycles. The topological polar surface area (TPSA) is 97.1 Å². The van der Waals surface area contributed by atoms with E-state index in [0.717, 1.165) is 22.9 Å². The molecule has 1 atom stereocenters. The maximum Gasteiger partial charge on any atom is 0.305 e. The zero-order valence-electron chi connectivity index (χ0n) is 11.1. The molecular weight excluding hydrogens is 292 g/mol. The van der Waals surface area contributed by atoms with Gasteiger partial charge < -0.3 is 5.11 Å². The van der Waals surface area contributed by atoms with Gasteiger partial charge in [-0.25, -0.2) is 4.68 Å². The second kappa shape index (κ2) is 5.21. The van der Waals surface area contributed by atoms with Crippen molar-refractivity contribution in [1.82, 2.24) is 14.9 Å². The van der Waals surface area contributed by atoms with E-state index in [1.165, 1.54) is 4.68 Å². The van der Waals surface area contributed by atoms with Gasteiger partial charge in [-0.1, -0.05) is 36.0 Å². The molecule has 3 rings (SSSR count). The van der Waals surface area contributed by atoms with Crippen LogP contribution >= 0.6 is 11.8 Å². The number of aliphatic carboxylic acids is 1. The molecule has 0 saturated heterocycles. The number of hydrogen-bond acceptors (Lipinski definition) is 5. The van der Waals surface area contributed by atoms with E-state index in [4.69, 9.17) is 5.11 Å². The van der Waals surface area contributed by atoms with Crippen LogP contribution in [0.4, 0.5) is 0 Å². The van der Waals surface area contributed by atoms with Gasteiger partial charge in [0.2, 0.25) is 5.16 Å². The summed E-state index contributed by atoms with van der Waals surface area (Å²) in [5, 5.41) is 16.8. The molecule has 1 aliphatic rings. The van der Waals surface area contributed by atoms with Crippen LogP contribution in [0.5, 0.6) is 0 Å². The largest absolute Gasteiger partial charge is 0.481 e. The first-order valence-electron chi connectivity index (χ1n) is 6.27. The quantitative estimate of drug-likeness (QED) is 0.886. The number of aromatic nitrogens is 3. The molecule has 0 radical (unpaired) electrons. The monoisotopic (exact) mass is 304 g/mol. The summed E-state index contributed by atoms with van der Waals surface area (Å²) < 4.78 is 1.51. The third-order valence-electron chi connectivity index (χ3n) is 3.14. The van der Waals surface area contributed by atoms with Gasteiger partial charge in [-0.3, -0.25) is 15.0 Å². The van der Waals surface area contributed by atoms with Gasteiger partial charge in [-0.15, -0.1) is 10.2 Å². The van der Waals surface area contributed by atoms with Crippen LogP contribution in [0.2, 0.25) is 0 Å². The van der Waals surface area contributed by atoms with Gasteiger partial charge in [0.05, 0.1) is 6.42 Å². The van der Waals surface area contributed by atoms with Gasteiger partial charge in [0, 0.05) is 5.56 Å². The molecule has 1 aromatic carbocycles. The van der Waals surface area contributed by atoms with Crippen molar-refractivity contribution in [3.05, 3.63) is 29.8 Å². The lowest BCUT2D eigenvalue weighted by molar-refractivity contribution is -0.138. The van der Waals surface area contributed by atoms with E-state index in [1.54, 1.807) is 0 Å². The van der Waals surface area contributed by atoms with E-state index >= 15 is 0 Å². The van der Waals surface area contributed by atoms with Crippen LogP contribution in [0, 0.1) is 6.92 Å². The van der Waals surface area contributed by atoms with Gasteiger partial charge in [-0.05, 0) is 12.5 Å². The number of carbonyl (C=O) groups excluding carboxylic acids is 1. The highest BCUT2D eigenvalue weighted by atomic mass is 32.2. The average Bonchev–Trinajstić information content (AvgIpc) is 2.82. The summed E-state index contributed by atoms with van der Waals surface area (Å²) in [4.78, 5) is 22.7. The molecule has 0 saturated carbocycles. The third-order valence-corrected chi connectivity index (χ3v) is 4.28. The standard InChI is InChI=1S/C13H12N4O3S/c1-7-4-2-3-5-8(7)11-14-15-13-17(11)16-12(20)9(21-13)6-10(18)19/h2-5,9H,6H2,1H3,(H,16,20)(H,18,19). The van der Waals surface area contributed by atoms with Crippen LogP contribution in [-0.4, -0.2) is 37.1 Å². The number of hydrogen-bond donors (Lipinski definition) is 2. The maximum atomic E-state index is 12.0. The summed E-state index contributed by atoms with van der Waals surface area (Å²) in [6.45, 7) is 1.95. The van der Waals surface area contributed by atoms with Gasteiger partial charge in [0.1, 0.15) is 5.25 Å². The number of fused-ring (bicyclic) bond motifs is 1. The average molecular weight is 304 g/mol. The summed E-state index contributed by atoms with van der Waals surface area (Å²) in [5.41, 5.74) is 4.54. The van der Waals surface area contributed by atoms with Crippen molar-refractivity contribution >= 4 is 23.6 Å². The van der Waals surface area contributed by atoms with Crippen LogP contribution in [0.15, 0.2) is 29.4 Å². The molecular formula is C13H12N4O3S. The highest BCUT2D eigenvalue weighted by Crippen LogP contribution is 2.31. The Morgan fingerprint density at radius 2 is 2.19 bits per heavy atom. The molecule has 1 aliphatic heterocycles. The van der Waals surface area contributed by atoms with E-state index in [0.29, 0.717) is 11.0 Å². The normalized spacial score (nSPS) is 17.2. The number of carboxylic acids is 1. The Hall–Kier alpha value is -2.35. The maximum absolute atomic E-state index is 12.0. The number of thioether (sulfide) groups is 1. The molecule has 8 heteroatoms. The fourth-order valence-electron chi connectivity index (χ4n) is 2.10. The van der Waals surface area contributed by atoms with E-state index in [1.807, 2.05) is 31.2 Å². The minimum atomic E-state index is -1.02. The van der Waals surface area contributed by atoms with Crippen molar-refractivity contribution in [3.8, 4) is 11.4 Å². The summed E-state index contributed by atoms with van der Waals surface area (Å²) in [6.07, 6.45) is -0.247. The smallest absolute Gasteiger partial charge is 0.305 e. The molecule has 108 valence electrons. The van der Waals surface area contributed by atoms with Crippen LogP contribution in [0.25, 0.3) is 11.4 Å². The number of aryl methyl sites for hydroxylation is 1. The Morgan fingerprint density at radius 3 is 2.90 bits per heavy atom. The number of rotatable bonds is 3. The minimum absolute atomic E-state index is 0.247. The molecule has 1 amide bonds. The first kappa shape index (κ1) is 13.6. The zero-order chi connectivity index (χ0) is 15.0. The van der Waals surface area contributed by atoms with Gasteiger partial charge in [0.25, 0.3) is 5.91 Å². The fourth-order valence-corrected chi connectivity index (χ4v) is 3.07. The van der Waals surface area contributed by atoms with E-state index in [2.05, 4.69) is 15.6 Å². The molecule has 7 nitrogen and oxygen atoms in total. The van der Waals surface area contributed by atoms with Crippen molar-refractivity contribution in [2.75, 3.05) is 5.43 Å². The summed E-state index contributed by atoms with van der Waals surface area (Å²) in [5.74, 6) is -0.836. The molecule has 21 heavy (non-hydrogen) atoms. The highest BCUT2D eigenvalue weighted by molar-refractivity contribution is 8.00. The molecule has 0 fully saturated rings. The molecule has 0 aliphatic carbocycles. The first-order chi connectivity index (χ1) is 10.1. The van der Waals surface area contributed by atoms with Crippen LogP contribution in [0.3, 0.4) is 0 Å². The van der Waals surface area contributed by atoms with Crippen molar-refractivity contribution in [2.24, 2.45) is 0 Å². The highest BCUT2D eigenvalue weighted by Gasteiger charge is 2.32. The Kier molecular flexibility index (Phi) is 3.38. The van der Waals surface area contributed by atoms with Crippen molar-refractivity contribution in [3.63, 3.8) is 0 Å². The van der Waals surface area contributed by atoms with E-state index < -0.39 is 11.2 Å². The molecule has 2 N–H and O–H groups in total. The molecule has 0 bridgehead atoms. The third kappa shape index (κ3) is 2.49.